The summed E-state index contributed by atoms with van der Waals surface area (Å²) in [6.45, 7) is 4.49. The van der Waals surface area contributed by atoms with E-state index in [2.05, 4.69) is 92.7 Å². The Hall–Kier alpha value is -2.93. The Kier molecular flexibility index (Phi) is 4.05. The third kappa shape index (κ3) is 3.01. The highest BCUT2D eigenvalue weighted by Gasteiger charge is 2.26. The van der Waals surface area contributed by atoms with E-state index in [9.17, 15) is 0 Å². The predicted octanol–water partition coefficient (Wildman–Crippen LogP) is 6.75. The summed E-state index contributed by atoms with van der Waals surface area (Å²) in [5.41, 5.74) is 5.44. The highest BCUT2D eigenvalue weighted by atomic mass is 14.9. The zero-order valence-electron chi connectivity index (χ0n) is 16.6. The molecule has 0 aromatic heterocycles. The van der Waals surface area contributed by atoms with Gasteiger partial charge in [-0.05, 0) is 77.4 Å². The number of benzene rings is 4. The molecule has 0 amide bonds. The Morgan fingerprint density at radius 2 is 1.36 bits per heavy atom. The van der Waals surface area contributed by atoms with Gasteiger partial charge in [0.05, 0.1) is 5.54 Å². The topological polar surface area (TPSA) is 12.4 Å². The normalized spacial score (nSPS) is 15.4. The molecule has 0 unspecified atom stereocenters. The molecule has 1 aliphatic heterocycles. The maximum absolute atomic E-state index is 5.15. The van der Waals surface area contributed by atoms with Crippen molar-refractivity contribution in [3.05, 3.63) is 95.6 Å². The van der Waals surface area contributed by atoms with Gasteiger partial charge in [-0.1, -0.05) is 72.8 Å². The van der Waals surface area contributed by atoms with E-state index in [4.69, 9.17) is 4.99 Å². The largest absolute Gasteiger partial charge is 0.283 e. The molecular formula is C27H25N. The molecule has 1 heterocycles. The lowest BCUT2D eigenvalue weighted by Gasteiger charge is -2.29. The summed E-state index contributed by atoms with van der Waals surface area (Å²) in [4.78, 5) is 5.15. The molecule has 0 bridgehead atoms. The number of fused-ring (bicyclic) bond motifs is 3. The second-order valence-electron chi connectivity index (χ2n) is 8.50. The van der Waals surface area contributed by atoms with Crippen molar-refractivity contribution in [2.24, 2.45) is 4.99 Å². The highest BCUT2D eigenvalue weighted by molar-refractivity contribution is 6.05. The van der Waals surface area contributed by atoms with Crippen molar-refractivity contribution in [2.75, 3.05) is 0 Å². The maximum Gasteiger partial charge on any atom is 0.0596 e. The lowest BCUT2D eigenvalue weighted by molar-refractivity contribution is 0.511. The first-order chi connectivity index (χ1) is 13.6. The van der Waals surface area contributed by atoms with Crippen LogP contribution in [0.2, 0.25) is 0 Å². The molecule has 0 saturated carbocycles. The van der Waals surface area contributed by atoms with E-state index in [1.807, 2.05) is 0 Å². The summed E-state index contributed by atoms with van der Waals surface area (Å²) in [6, 6.07) is 28.6. The van der Waals surface area contributed by atoms with E-state index in [0.29, 0.717) is 0 Å². The van der Waals surface area contributed by atoms with Crippen LogP contribution in [-0.4, -0.2) is 11.3 Å². The number of rotatable bonds is 3. The zero-order chi connectivity index (χ0) is 19.1. The molecule has 1 aliphatic rings. The first-order valence-corrected chi connectivity index (χ1v) is 10.2. The number of nitrogens with zero attached hydrogens (tertiary/aromatic N) is 1. The van der Waals surface area contributed by atoms with Gasteiger partial charge in [0, 0.05) is 5.71 Å². The average molecular weight is 364 g/mol. The van der Waals surface area contributed by atoms with Gasteiger partial charge < -0.3 is 0 Å². The van der Waals surface area contributed by atoms with Gasteiger partial charge in [0.1, 0.15) is 0 Å². The summed E-state index contributed by atoms with van der Waals surface area (Å²) in [5.74, 6) is 0. The van der Waals surface area contributed by atoms with E-state index in [-0.39, 0.29) is 5.54 Å². The Morgan fingerprint density at radius 3 is 2.07 bits per heavy atom. The van der Waals surface area contributed by atoms with Crippen LogP contribution in [0.15, 0.2) is 83.9 Å². The van der Waals surface area contributed by atoms with Crippen molar-refractivity contribution in [2.45, 2.75) is 38.6 Å². The fraction of sp³-hybridized carbons (Fsp3) is 0.222. The van der Waals surface area contributed by atoms with Gasteiger partial charge in [0.25, 0.3) is 0 Å². The molecule has 28 heavy (non-hydrogen) atoms. The third-order valence-corrected chi connectivity index (χ3v) is 5.88. The minimum Gasteiger partial charge on any atom is -0.283 e. The van der Waals surface area contributed by atoms with Crippen LogP contribution in [0.3, 0.4) is 0 Å². The highest BCUT2D eigenvalue weighted by Crippen LogP contribution is 2.32. The van der Waals surface area contributed by atoms with E-state index in [0.717, 1.165) is 19.3 Å². The molecule has 0 saturated heterocycles. The molecule has 4 aromatic carbocycles. The fourth-order valence-electron chi connectivity index (χ4n) is 4.70. The van der Waals surface area contributed by atoms with Crippen LogP contribution < -0.4 is 0 Å². The van der Waals surface area contributed by atoms with E-state index < -0.39 is 0 Å². The summed E-state index contributed by atoms with van der Waals surface area (Å²) < 4.78 is 0. The van der Waals surface area contributed by atoms with Gasteiger partial charge >= 0.3 is 0 Å². The molecular weight excluding hydrogens is 338 g/mol. The van der Waals surface area contributed by atoms with Crippen molar-refractivity contribution in [1.29, 1.82) is 0 Å². The maximum atomic E-state index is 5.15. The molecule has 0 aliphatic carbocycles. The van der Waals surface area contributed by atoms with Gasteiger partial charge in [0.15, 0.2) is 0 Å². The minimum absolute atomic E-state index is 0.0233. The van der Waals surface area contributed by atoms with Crippen LogP contribution in [0.4, 0.5) is 0 Å². The quantitative estimate of drug-likeness (QED) is 0.357. The van der Waals surface area contributed by atoms with Crippen LogP contribution in [0, 0.1) is 0 Å². The van der Waals surface area contributed by atoms with Crippen molar-refractivity contribution in [3.63, 3.8) is 0 Å². The van der Waals surface area contributed by atoms with Crippen molar-refractivity contribution < 1.29 is 0 Å². The molecule has 0 fully saturated rings. The Labute approximate surface area is 166 Å². The number of hydrogen-bond donors (Lipinski definition) is 0. The smallest absolute Gasteiger partial charge is 0.0596 e. The first-order valence-electron chi connectivity index (χ1n) is 10.2. The predicted molar refractivity (Wildman–Crippen MR) is 121 cm³/mol. The average Bonchev–Trinajstić information content (AvgIpc) is 2.70. The lowest BCUT2D eigenvalue weighted by Crippen LogP contribution is -2.29. The van der Waals surface area contributed by atoms with Crippen LogP contribution in [-0.2, 0) is 12.8 Å². The number of hydrogen-bond acceptors (Lipinski definition) is 1. The molecule has 138 valence electrons. The Balaban J connectivity index is 1.60. The van der Waals surface area contributed by atoms with E-state index in [1.54, 1.807) is 0 Å². The zero-order valence-corrected chi connectivity index (χ0v) is 16.6. The van der Waals surface area contributed by atoms with Gasteiger partial charge in [-0.2, -0.15) is 0 Å². The van der Waals surface area contributed by atoms with Crippen molar-refractivity contribution in [1.82, 2.24) is 0 Å². The van der Waals surface area contributed by atoms with Crippen LogP contribution >= 0.6 is 0 Å². The monoisotopic (exact) mass is 363 g/mol. The second-order valence-corrected chi connectivity index (χ2v) is 8.50. The lowest BCUT2D eigenvalue weighted by atomic mass is 9.85. The van der Waals surface area contributed by atoms with E-state index >= 15 is 0 Å². The minimum atomic E-state index is -0.0233. The molecule has 0 radical (unpaired) electrons. The van der Waals surface area contributed by atoms with Crippen molar-refractivity contribution in [3.8, 4) is 0 Å². The first kappa shape index (κ1) is 17.2. The van der Waals surface area contributed by atoms with Gasteiger partial charge in [-0.3, -0.25) is 4.99 Å². The number of aliphatic imine (C=N–C) groups is 1. The summed E-state index contributed by atoms with van der Waals surface area (Å²) in [5, 5.41) is 5.38. The fourth-order valence-corrected chi connectivity index (χ4v) is 4.70. The second kappa shape index (κ2) is 6.60. The molecule has 0 N–H and O–H groups in total. The van der Waals surface area contributed by atoms with Crippen LogP contribution in [0.25, 0.3) is 21.5 Å². The van der Waals surface area contributed by atoms with Crippen LogP contribution in [0.1, 0.15) is 37.0 Å². The third-order valence-electron chi connectivity index (χ3n) is 5.88. The Bertz CT molecular complexity index is 1160. The van der Waals surface area contributed by atoms with Crippen molar-refractivity contribution >= 4 is 27.3 Å². The number of aryl methyl sites for hydroxylation is 1. The molecule has 0 atom stereocenters. The van der Waals surface area contributed by atoms with Crippen LogP contribution in [0.5, 0.6) is 0 Å². The Morgan fingerprint density at radius 1 is 0.750 bits per heavy atom. The van der Waals surface area contributed by atoms with Gasteiger partial charge in [0.2, 0.25) is 0 Å². The SMILES string of the molecule is CC1(C)Cc2ccccc2C(CCc2c3ccccc3cc3ccccc23)=N1. The molecule has 4 aromatic rings. The standard InChI is InChI=1S/C27H25N/c1-27(2)18-21-11-5-8-14-24(21)26(28-27)16-15-25-22-12-6-3-9-19(22)17-20-10-4-7-13-23(20)25/h3-14,17H,15-16,18H2,1-2H3. The molecule has 1 nitrogen and oxygen atoms in total. The van der Waals surface area contributed by atoms with Gasteiger partial charge in [-0.15, -0.1) is 0 Å². The summed E-state index contributed by atoms with van der Waals surface area (Å²) >= 11 is 0. The van der Waals surface area contributed by atoms with E-state index in [1.165, 1.54) is 43.9 Å². The molecule has 0 spiro atoms. The molecule has 1 heteroatoms. The molecule has 5 rings (SSSR count). The van der Waals surface area contributed by atoms with Gasteiger partial charge in [-0.25, -0.2) is 0 Å². The summed E-state index contributed by atoms with van der Waals surface area (Å²) in [7, 11) is 0. The summed E-state index contributed by atoms with van der Waals surface area (Å²) in [6.07, 6.45) is 2.99.